The molecule has 1 saturated heterocycles. The van der Waals surface area contributed by atoms with Crippen LogP contribution in [0.25, 0.3) is 22.4 Å². The number of hydrogen-bond donors (Lipinski definition) is 0. The first-order valence-corrected chi connectivity index (χ1v) is 10.5. The first-order chi connectivity index (χ1) is 15.1. The number of pyridine rings is 2. The lowest BCUT2D eigenvalue weighted by molar-refractivity contribution is 0.0748. The molecule has 3 aromatic heterocycles. The second-order valence-corrected chi connectivity index (χ2v) is 7.92. The summed E-state index contributed by atoms with van der Waals surface area (Å²) < 4.78 is 5.41. The molecule has 0 aliphatic carbocycles. The van der Waals surface area contributed by atoms with Crippen LogP contribution in [0.5, 0.6) is 0 Å². The predicted molar refractivity (Wildman–Crippen MR) is 119 cm³/mol. The predicted octanol–water partition coefficient (Wildman–Crippen LogP) is 4.21. The van der Waals surface area contributed by atoms with Gasteiger partial charge in [-0.05, 0) is 25.1 Å². The van der Waals surface area contributed by atoms with Crippen LogP contribution in [0.3, 0.4) is 0 Å². The molecule has 156 valence electrons. The number of hydrogen-bond acceptors (Lipinski definition) is 6. The Bertz CT molecular complexity index is 1230. The largest absolute Gasteiger partial charge is 0.353 e. The number of rotatable bonds is 3. The number of carbonyl (C=O) groups is 1. The van der Waals surface area contributed by atoms with E-state index in [-0.39, 0.29) is 5.91 Å². The lowest BCUT2D eigenvalue weighted by Crippen LogP contribution is -2.49. The third kappa shape index (κ3) is 3.72. The summed E-state index contributed by atoms with van der Waals surface area (Å²) in [7, 11) is 0. The molecule has 0 radical (unpaired) electrons. The number of aromatic nitrogens is 3. The van der Waals surface area contributed by atoms with E-state index in [4.69, 9.17) is 16.1 Å². The number of fused-ring (bicyclic) bond motifs is 1. The van der Waals surface area contributed by atoms with Gasteiger partial charge in [0, 0.05) is 37.9 Å². The zero-order chi connectivity index (χ0) is 21.4. The van der Waals surface area contributed by atoms with Crippen LogP contribution in [0.2, 0.25) is 5.02 Å². The van der Waals surface area contributed by atoms with Crippen molar-refractivity contribution in [3.05, 3.63) is 71.0 Å². The van der Waals surface area contributed by atoms with Crippen molar-refractivity contribution in [1.82, 2.24) is 20.0 Å². The zero-order valence-electron chi connectivity index (χ0n) is 17.0. The highest BCUT2D eigenvalue weighted by Gasteiger charge is 2.27. The van der Waals surface area contributed by atoms with Gasteiger partial charge in [-0.3, -0.25) is 4.79 Å². The van der Waals surface area contributed by atoms with Gasteiger partial charge in [-0.1, -0.05) is 47.1 Å². The standard InChI is InChI=1S/C23H20ClN5O2/c1-15-21-18(13-19(26-22(21)31-27-15)16-5-3-2-4-6-16)23(30)29-11-9-28(10-12-29)20-8-7-17(24)14-25-20/h2-8,13-14H,9-12H2,1H3. The van der Waals surface area contributed by atoms with Crippen molar-refractivity contribution in [2.24, 2.45) is 0 Å². The van der Waals surface area contributed by atoms with Crippen molar-refractivity contribution in [3.63, 3.8) is 0 Å². The summed E-state index contributed by atoms with van der Waals surface area (Å²) in [6, 6.07) is 15.3. The molecule has 0 spiro atoms. The third-order valence-electron chi connectivity index (χ3n) is 5.52. The molecule has 0 atom stereocenters. The van der Waals surface area contributed by atoms with Gasteiger partial charge >= 0.3 is 0 Å². The van der Waals surface area contributed by atoms with Gasteiger partial charge in [-0.2, -0.15) is 0 Å². The van der Waals surface area contributed by atoms with Crippen LogP contribution in [-0.4, -0.2) is 52.1 Å². The molecule has 0 N–H and O–H groups in total. The molecule has 4 aromatic rings. The maximum atomic E-state index is 13.5. The van der Waals surface area contributed by atoms with E-state index in [0.717, 1.165) is 11.4 Å². The molecule has 1 aromatic carbocycles. The Balaban J connectivity index is 1.43. The highest BCUT2D eigenvalue weighted by atomic mass is 35.5. The molecule has 0 bridgehead atoms. The number of piperazine rings is 1. The summed E-state index contributed by atoms with van der Waals surface area (Å²) in [6.07, 6.45) is 1.64. The second kappa shape index (κ2) is 8.00. The fourth-order valence-corrected chi connectivity index (χ4v) is 4.00. The summed E-state index contributed by atoms with van der Waals surface area (Å²) in [5.41, 5.74) is 3.23. The van der Waals surface area contributed by atoms with E-state index in [1.54, 1.807) is 6.20 Å². The molecule has 1 aliphatic rings. The number of amides is 1. The Morgan fingerprint density at radius 1 is 1.06 bits per heavy atom. The van der Waals surface area contributed by atoms with Gasteiger partial charge in [0.15, 0.2) is 0 Å². The quantitative estimate of drug-likeness (QED) is 0.481. The normalized spacial score (nSPS) is 14.3. The summed E-state index contributed by atoms with van der Waals surface area (Å²) in [4.78, 5) is 26.5. The molecule has 0 saturated carbocycles. The van der Waals surface area contributed by atoms with Crippen LogP contribution in [0.1, 0.15) is 16.1 Å². The Morgan fingerprint density at radius 3 is 2.55 bits per heavy atom. The topological polar surface area (TPSA) is 75.4 Å². The van der Waals surface area contributed by atoms with Crippen LogP contribution in [0.15, 0.2) is 59.3 Å². The highest BCUT2D eigenvalue weighted by Crippen LogP contribution is 2.28. The van der Waals surface area contributed by atoms with Crippen molar-refractivity contribution in [3.8, 4) is 11.3 Å². The van der Waals surface area contributed by atoms with E-state index < -0.39 is 0 Å². The molecule has 1 fully saturated rings. The summed E-state index contributed by atoms with van der Waals surface area (Å²) in [6.45, 7) is 4.41. The van der Waals surface area contributed by atoms with Crippen LogP contribution in [0.4, 0.5) is 5.82 Å². The average Bonchev–Trinajstić information content (AvgIpc) is 3.20. The first kappa shape index (κ1) is 19.5. The number of carbonyl (C=O) groups excluding carboxylic acids is 1. The molecule has 31 heavy (non-hydrogen) atoms. The SMILES string of the molecule is Cc1noc2nc(-c3ccccc3)cc(C(=O)N3CCN(c4ccc(Cl)cn4)CC3)c12. The summed E-state index contributed by atoms with van der Waals surface area (Å²) >= 11 is 5.94. The Kier molecular flexibility index (Phi) is 5.03. The summed E-state index contributed by atoms with van der Waals surface area (Å²) in [5.74, 6) is 0.823. The number of nitrogens with zero attached hydrogens (tertiary/aromatic N) is 5. The van der Waals surface area contributed by atoms with Crippen LogP contribution < -0.4 is 4.90 Å². The monoisotopic (exact) mass is 433 g/mol. The van der Waals surface area contributed by atoms with E-state index in [9.17, 15) is 4.79 Å². The number of aryl methyl sites for hydroxylation is 1. The minimum Gasteiger partial charge on any atom is -0.353 e. The van der Waals surface area contributed by atoms with Gasteiger partial charge in [0.2, 0.25) is 0 Å². The Morgan fingerprint density at radius 2 is 1.84 bits per heavy atom. The van der Waals surface area contributed by atoms with Crippen molar-refractivity contribution < 1.29 is 9.32 Å². The fraction of sp³-hybridized carbons (Fsp3) is 0.217. The number of halogens is 1. The van der Waals surface area contributed by atoms with Crippen molar-refractivity contribution >= 4 is 34.4 Å². The molecule has 0 unspecified atom stereocenters. The molecular formula is C23H20ClN5O2. The molecule has 7 nitrogen and oxygen atoms in total. The lowest BCUT2D eigenvalue weighted by Gasteiger charge is -2.35. The van der Waals surface area contributed by atoms with Gasteiger partial charge in [-0.25, -0.2) is 9.97 Å². The Labute approximate surface area is 184 Å². The lowest BCUT2D eigenvalue weighted by atomic mass is 10.0. The molecule has 1 aliphatic heterocycles. The highest BCUT2D eigenvalue weighted by molar-refractivity contribution is 6.30. The number of benzene rings is 1. The molecule has 8 heteroatoms. The molecule has 4 heterocycles. The molecule has 1 amide bonds. The smallest absolute Gasteiger partial charge is 0.259 e. The number of anilines is 1. The molecular weight excluding hydrogens is 414 g/mol. The van der Waals surface area contributed by atoms with Crippen LogP contribution in [-0.2, 0) is 0 Å². The fourth-order valence-electron chi connectivity index (χ4n) is 3.88. The van der Waals surface area contributed by atoms with Crippen molar-refractivity contribution in [2.45, 2.75) is 6.92 Å². The maximum absolute atomic E-state index is 13.5. The summed E-state index contributed by atoms with van der Waals surface area (Å²) in [5, 5.41) is 5.32. The van der Waals surface area contributed by atoms with E-state index in [0.29, 0.717) is 59.3 Å². The van der Waals surface area contributed by atoms with Crippen molar-refractivity contribution in [2.75, 3.05) is 31.1 Å². The van der Waals surface area contributed by atoms with Gasteiger partial charge in [0.1, 0.15) is 5.82 Å². The van der Waals surface area contributed by atoms with Gasteiger partial charge in [0.05, 0.1) is 27.4 Å². The van der Waals surface area contributed by atoms with Gasteiger partial charge in [0.25, 0.3) is 11.6 Å². The third-order valence-corrected chi connectivity index (χ3v) is 5.74. The molecule has 5 rings (SSSR count). The van der Waals surface area contributed by atoms with Crippen LogP contribution >= 0.6 is 11.6 Å². The minimum atomic E-state index is -0.0420. The Hall–Kier alpha value is -3.45. The van der Waals surface area contributed by atoms with E-state index in [2.05, 4.69) is 20.0 Å². The average molecular weight is 434 g/mol. The minimum absolute atomic E-state index is 0.0420. The first-order valence-electron chi connectivity index (χ1n) is 10.1. The van der Waals surface area contributed by atoms with E-state index in [1.165, 1.54) is 0 Å². The maximum Gasteiger partial charge on any atom is 0.259 e. The van der Waals surface area contributed by atoms with Crippen LogP contribution in [0, 0.1) is 6.92 Å². The van der Waals surface area contributed by atoms with Gasteiger partial charge in [-0.15, -0.1) is 0 Å². The van der Waals surface area contributed by atoms with Gasteiger partial charge < -0.3 is 14.3 Å². The second-order valence-electron chi connectivity index (χ2n) is 7.48. The zero-order valence-corrected chi connectivity index (χ0v) is 17.7. The van der Waals surface area contributed by atoms with E-state index in [1.807, 2.05) is 60.4 Å². The van der Waals surface area contributed by atoms with E-state index >= 15 is 0 Å². The van der Waals surface area contributed by atoms with Crippen molar-refractivity contribution in [1.29, 1.82) is 0 Å².